The topological polar surface area (TPSA) is 64.6 Å². The first-order valence-corrected chi connectivity index (χ1v) is 8.67. The molecule has 1 aromatic carbocycles. The largest absolute Gasteiger partial charge is 0.495 e. The van der Waals surface area contributed by atoms with E-state index in [-0.39, 0.29) is 0 Å². The average molecular weight is 359 g/mol. The van der Waals surface area contributed by atoms with Gasteiger partial charge in [0.1, 0.15) is 5.75 Å². The third-order valence-corrected chi connectivity index (χ3v) is 4.53. The van der Waals surface area contributed by atoms with E-state index in [4.69, 9.17) is 9.47 Å². The van der Waals surface area contributed by atoms with Crippen molar-refractivity contribution in [1.82, 2.24) is 0 Å². The highest BCUT2D eigenvalue weighted by molar-refractivity contribution is 7.11. The van der Waals surface area contributed by atoms with Crippen LogP contribution in [0.15, 0.2) is 35.7 Å². The Hall–Kier alpha value is -2.60. The Kier molecular flexibility index (Phi) is 6.36. The number of aryl methyl sites for hydroxylation is 2. The molecule has 0 aliphatic heterocycles. The van der Waals surface area contributed by atoms with Gasteiger partial charge in [-0.3, -0.25) is 4.79 Å². The van der Waals surface area contributed by atoms with Crippen molar-refractivity contribution < 1.29 is 19.1 Å². The lowest BCUT2D eigenvalue weighted by molar-refractivity contribution is -0.148. The number of rotatable bonds is 6. The lowest BCUT2D eigenvalue weighted by Crippen LogP contribution is -2.29. The molecule has 0 radical (unpaired) electrons. The van der Waals surface area contributed by atoms with Crippen molar-refractivity contribution in [3.8, 4) is 5.75 Å². The number of hydrogen-bond donors (Lipinski definition) is 1. The second-order valence-electron chi connectivity index (χ2n) is 5.57. The molecule has 2 rings (SSSR count). The summed E-state index contributed by atoms with van der Waals surface area (Å²) in [6.07, 6.45) is 2.10. The summed E-state index contributed by atoms with van der Waals surface area (Å²) in [5.41, 5.74) is 2.61. The Labute approximate surface area is 151 Å². The molecule has 0 unspecified atom stereocenters. The maximum Gasteiger partial charge on any atom is 0.331 e. The highest BCUT2D eigenvalue weighted by atomic mass is 32.1. The molecule has 2 aromatic rings. The molecule has 0 bridgehead atoms. The number of nitrogens with one attached hydrogen (secondary N) is 1. The molecule has 0 aliphatic rings. The lowest BCUT2D eigenvalue weighted by Gasteiger charge is -2.15. The summed E-state index contributed by atoms with van der Waals surface area (Å²) in [5.74, 6) is -0.435. The van der Waals surface area contributed by atoms with Gasteiger partial charge in [-0.25, -0.2) is 4.79 Å². The van der Waals surface area contributed by atoms with Crippen molar-refractivity contribution in [3.05, 3.63) is 51.7 Å². The van der Waals surface area contributed by atoms with E-state index in [9.17, 15) is 9.59 Å². The molecular weight excluding hydrogens is 338 g/mol. The van der Waals surface area contributed by atoms with Gasteiger partial charge in [0.15, 0.2) is 6.10 Å². The van der Waals surface area contributed by atoms with Crippen LogP contribution in [0.5, 0.6) is 5.75 Å². The Morgan fingerprint density at radius 2 is 2.00 bits per heavy atom. The number of methoxy groups -OCH3 is 1. The second-order valence-corrected chi connectivity index (χ2v) is 6.52. The van der Waals surface area contributed by atoms with Crippen molar-refractivity contribution in [2.75, 3.05) is 12.4 Å². The number of ether oxygens (including phenoxy) is 2. The predicted molar refractivity (Wildman–Crippen MR) is 100 cm³/mol. The maximum absolute atomic E-state index is 12.2. The highest BCUT2D eigenvalue weighted by Crippen LogP contribution is 2.25. The van der Waals surface area contributed by atoms with E-state index in [1.54, 1.807) is 18.2 Å². The predicted octanol–water partition coefficient (Wildman–Crippen LogP) is 3.96. The van der Waals surface area contributed by atoms with Gasteiger partial charge in [0, 0.05) is 11.0 Å². The van der Waals surface area contributed by atoms with Gasteiger partial charge < -0.3 is 14.8 Å². The summed E-state index contributed by atoms with van der Waals surface area (Å²) in [7, 11) is 1.53. The normalized spacial score (nSPS) is 12.0. The average Bonchev–Trinajstić information content (AvgIpc) is 2.98. The first kappa shape index (κ1) is 18.7. The number of carbonyl (C=O) groups is 2. The van der Waals surface area contributed by atoms with Crippen LogP contribution < -0.4 is 10.1 Å². The molecule has 1 heterocycles. The smallest absolute Gasteiger partial charge is 0.331 e. The van der Waals surface area contributed by atoms with Crippen LogP contribution in [0.4, 0.5) is 5.69 Å². The first-order valence-electron chi connectivity index (χ1n) is 7.79. The minimum Gasteiger partial charge on any atom is -0.495 e. The number of thiophene rings is 1. The second kappa shape index (κ2) is 8.48. The molecule has 0 spiro atoms. The SMILES string of the molecule is COc1ccc(C)cc1NC(=O)[C@@H](C)OC(=O)/C=C/c1sccc1C. The van der Waals surface area contributed by atoms with Crippen LogP contribution >= 0.6 is 11.3 Å². The minimum atomic E-state index is -0.924. The number of hydrogen-bond acceptors (Lipinski definition) is 5. The van der Waals surface area contributed by atoms with Crippen molar-refractivity contribution in [1.29, 1.82) is 0 Å². The molecule has 0 saturated carbocycles. The van der Waals surface area contributed by atoms with Gasteiger partial charge >= 0.3 is 5.97 Å². The van der Waals surface area contributed by atoms with Gasteiger partial charge in [0.2, 0.25) is 0 Å². The Bertz CT molecular complexity index is 794. The van der Waals surface area contributed by atoms with Crippen LogP contribution in [0.3, 0.4) is 0 Å². The molecule has 1 aromatic heterocycles. The summed E-state index contributed by atoms with van der Waals surface area (Å²) in [6, 6.07) is 7.43. The van der Waals surface area contributed by atoms with E-state index in [1.165, 1.54) is 31.4 Å². The van der Waals surface area contributed by atoms with E-state index < -0.39 is 18.0 Å². The van der Waals surface area contributed by atoms with Crippen LogP contribution in [-0.4, -0.2) is 25.1 Å². The first-order chi connectivity index (χ1) is 11.9. The zero-order valence-corrected chi connectivity index (χ0v) is 15.5. The molecule has 1 atom stereocenters. The van der Waals surface area contributed by atoms with E-state index in [2.05, 4.69) is 5.32 Å². The summed E-state index contributed by atoms with van der Waals surface area (Å²) in [4.78, 5) is 25.1. The van der Waals surface area contributed by atoms with Crippen LogP contribution in [-0.2, 0) is 14.3 Å². The molecule has 5 nitrogen and oxygen atoms in total. The summed E-state index contributed by atoms with van der Waals surface area (Å²) in [5, 5.41) is 4.67. The standard InChI is InChI=1S/C19H21NO4S/c1-12-5-6-16(23-4)15(11-12)20-19(22)14(3)24-18(21)8-7-17-13(2)9-10-25-17/h5-11,14H,1-4H3,(H,20,22)/b8-7+/t14-/m1/s1. The molecule has 6 heteroatoms. The quantitative estimate of drug-likeness (QED) is 0.626. The monoisotopic (exact) mass is 359 g/mol. The maximum atomic E-state index is 12.2. The van der Waals surface area contributed by atoms with Crippen LogP contribution in [0.25, 0.3) is 6.08 Å². The molecule has 0 fully saturated rings. The fourth-order valence-electron chi connectivity index (χ4n) is 2.12. The Morgan fingerprint density at radius 1 is 1.24 bits per heavy atom. The van der Waals surface area contributed by atoms with E-state index in [0.29, 0.717) is 11.4 Å². The van der Waals surface area contributed by atoms with Crippen molar-refractivity contribution in [3.63, 3.8) is 0 Å². The molecule has 25 heavy (non-hydrogen) atoms. The minimum absolute atomic E-state index is 0.419. The highest BCUT2D eigenvalue weighted by Gasteiger charge is 2.18. The van der Waals surface area contributed by atoms with Gasteiger partial charge in [-0.15, -0.1) is 11.3 Å². The van der Waals surface area contributed by atoms with E-state index >= 15 is 0 Å². The Morgan fingerprint density at radius 3 is 2.64 bits per heavy atom. The Balaban J connectivity index is 1.96. The zero-order valence-electron chi connectivity index (χ0n) is 14.7. The third-order valence-electron chi connectivity index (χ3n) is 3.55. The van der Waals surface area contributed by atoms with Gasteiger partial charge in [-0.05, 0) is 61.6 Å². The molecule has 0 aliphatic carbocycles. The summed E-state index contributed by atoms with van der Waals surface area (Å²) >= 11 is 1.54. The molecule has 132 valence electrons. The zero-order chi connectivity index (χ0) is 18.4. The van der Waals surface area contributed by atoms with Gasteiger partial charge in [-0.2, -0.15) is 0 Å². The number of esters is 1. The van der Waals surface area contributed by atoms with E-state index in [0.717, 1.165) is 16.0 Å². The third kappa shape index (κ3) is 5.19. The van der Waals surface area contributed by atoms with Crippen LogP contribution in [0.2, 0.25) is 0 Å². The van der Waals surface area contributed by atoms with Crippen molar-refractivity contribution in [2.24, 2.45) is 0 Å². The molecule has 0 saturated heterocycles. The summed E-state index contributed by atoms with van der Waals surface area (Å²) < 4.78 is 10.4. The van der Waals surface area contributed by atoms with Gasteiger partial charge in [0.05, 0.1) is 12.8 Å². The van der Waals surface area contributed by atoms with Gasteiger partial charge in [-0.1, -0.05) is 6.07 Å². The van der Waals surface area contributed by atoms with Crippen molar-refractivity contribution in [2.45, 2.75) is 26.9 Å². The van der Waals surface area contributed by atoms with Crippen molar-refractivity contribution >= 4 is 35.0 Å². The number of benzene rings is 1. The van der Waals surface area contributed by atoms with Gasteiger partial charge in [0.25, 0.3) is 5.91 Å². The number of amides is 1. The van der Waals surface area contributed by atoms with E-state index in [1.807, 2.05) is 31.4 Å². The molecule has 1 N–H and O–H groups in total. The molecular formula is C19H21NO4S. The fraction of sp³-hybridized carbons (Fsp3) is 0.263. The number of carbonyl (C=O) groups excluding carboxylic acids is 2. The fourth-order valence-corrected chi connectivity index (χ4v) is 2.94. The summed E-state index contributed by atoms with van der Waals surface area (Å²) in [6.45, 7) is 5.41. The number of anilines is 1. The lowest BCUT2D eigenvalue weighted by atomic mass is 10.2. The van der Waals surface area contributed by atoms with Crippen LogP contribution in [0, 0.1) is 13.8 Å². The molecule has 1 amide bonds. The van der Waals surface area contributed by atoms with Crippen LogP contribution in [0.1, 0.15) is 22.9 Å².